The molecule has 0 aliphatic heterocycles. The minimum absolute atomic E-state index is 1.20. The summed E-state index contributed by atoms with van der Waals surface area (Å²) in [6.45, 7) is 0. The molecule has 7 rings (SSSR count). The second-order valence-corrected chi connectivity index (χ2v) is 8.81. The van der Waals surface area contributed by atoms with Crippen LogP contribution in [0.25, 0.3) is 58.4 Å². The SMILES string of the molecule is c1ccc(-n2c3ccccc3c3c4c5ccccc5sc4c4ccccc4c32)cc1. The van der Waals surface area contributed by atoms with E-state index in [0.29, 0.717) is 0 Å². The topological polar surface area (TPSA) is 4.93 Å². The summed E-state index contributed by atoms with van der Waals surface area (Å²) < 4.78 is 5.18. The average Bonchev–Trinajstić information content (AvgIpc) is 3.36. The van der Waals surface area contributed by atoms with Crippen LogP contribution in [-0.2, 0) is 0 Å². The zero-order valence-electron chi connectivity index (χ0n) is 16.2. The maximum Gasteiger partial charge on any atom is 0.0626 e. The molecule has 140 valence electrons. The predicted octanol–water partition coefficient (Wildman–Crippen LogP) is 8.30. The van der Waals surface area contributed by atoms with Crippen LogP contribution in [0.5, 0.6) is 0 Å². The Labute approximate surface area is 177 Å². The van der Waals surface area contributed by atoms with E-state index in [0.717, 1.165) is 0 Å². The molecule has 2 aromatic heterocycles. The summed E-state index contributed by atoms with van der Waals surface area (Å²) >= 11 is 1.91. The molecule has 0 N–H and O–H groups in total. The van der Waals surface area contributed by atoms with Gasteiger partial charge in [0.15, 0.2) is 0 Å². The van der Waals surface area contributed by atoms with Crippen LogP contribution >= 0.6 is 11.3 Å². The van der Waals surface area contributed by atoms with Gasteiger partial charge in [0.05, 0.1) is 11.0 Å². The molecule has 0 saturated carbocycles. The summed E-state index contributed by atoms with van der Waals surface area (Å²) in [5, 5.41) is 8.06. The maximum atomic E-state index is 2.44. The second-order valence-electron chi connectivity index (χ2n) is 7.76. The Morgan fingerprint density at radius 3 is 1.97 bits per heavy atom. The Balaban J connectivity index is 1.90. The first-order valence-electron chi connectivity index (χ1n) is 10.2. The van der Waals surface area contributed by atoms with Gasteiger partial charge < -0.3 is 4.57 Å². The Morgan fingerprint density at radius 1 is 0.500 bits per heavy atom. The number of rotatable bonds is 1. The van der Waals surface area contributed by atoms with Gasteiger partial charge in [0.2, 0.25) is 0 Å². The summed E-state index contributed by atoms with van der Waals surface area (Å²) in [5.41, 5.74) is 3.76. The Morgan fingerprint density at radius 2 is 1.13 bits per heavy atom. The van der Waals surface area contributed by atoms with Gasteiger partial charge in [-0.1, -0.05) is 78.9 Å². The number of thiophene rings is 1. The Hall–Kier alpha value is -3.62. The number of nitrogens with zero attached hydrogens (tertiary/aromatic N) is 1. The molecular formula is C28H17NS. The van der Waals surface area contributed by atoms with E-state index in [1.54, 1.807) is 0 Å². The van der Waals surface area contributed by atoms with Crippen LogP contribution in [0.1, 0.15) is 0 Å². The van der Waals surface area contributed by atoms with Crippen molar-refractivity contribution < 1.29 is 0 Å². The highest BCUT2D eigenvalue weighted by atomic mass is 32.1. The average molecular weight is 400 g/mol. The summed E-state index contributed by atoms with van der Waals surface area (Å²) in [5.74, 6) is 0. The molecular weight excluding hydrogens is 382 g/mol. The van der Waals surface area contributed by atoms with E-state index < -0.39 is 0 Å². The molecule has 0 spiro atoms. The molecule has 0 atom stereocenters. The molecule has 0 aliphatic carbocycles. The molecule has 0 saturated heterocycles. The van der Waals surface area contributed by atoms with Crippen molar-refractivity contribution in [3.05, 3.63) is 103 Å². The third kappa shape index (κ3) is 2.01. The number of benzene rings is 5. The van der Waals surface area contributed by atoms with E-state index in [2.05, 4.69) is 108 Å². The molecule has 0 amide bonds. The first kappa shape index (κ1) is 16.2. The van der Waals surface area contributed by atoms with Gasteiger partial charge in [-0.05, 0) is 24.3 Å². The number of hydrogen-bond donors (Lipinski definition) is 0. The van der Waals surface area contributed by atoms with Gasteiger partial charge in [0.25, 0.3) is 0 Å². The summed E-state index contributed by atoms with van der Waals surface area (Å²) in [6, 6.07) is 37.3. The van der Waals surface area contributed by atoms with Crippen LogP contribution in [-0.4, -0.2) is 4.57 Å². The van der Waals surface area contributed by atoms with Crippen molar-refractivity contribution >= 4 is 64.1 Å². The fraction of sp³-hybridized carbons (Fsp3) is 0. The minimum Gasteiger partial charge on any atom is -0.309 e. The lowest BCUT2D eigenvalue weighted by molar-refractivity contribution is 1.19. The van der Waals surface area contributed by atoms with Crippen LogP contribution in [0.3, 0.4) is 0 Å². The van der Waals surface area contributed by atoms with Crippen molar-refractivity contribution in [2.75, 3.05) is 0 Å². The molecule has 7 aromatic rings. The third-order valence-corrected chi connectivity index (χ3v) is 7.37. The van der Waals surface area contributed by atoms with Crippen molar-refractivity contribution in [1.82, 2.24) is 4.57 Å². The molecule has 30 heavy (non-hydrogen) atoms. The fourth-order valence-corrected chi connectivity index (χ4v) is 6.21. The molecule has 5 aromatic carbocycles. The van der Waals surface area contributed by atoms with Gasteiger partial charge in [-0.2, -0.15) is 0 Å². The molecule has 0 fully saturated rings. The van der Waals surface area contributed by atoms with Gasteiger partial charge in [0, 0.05) is 47.4 Å². The highest BCUT2D eigenvalue weighted by molar-refractivity contribution is 7.27. The lowest BCUT2D eigenvalue weighted by atomic mass is 10.00. The van der Waals surface area contributed by atoms with Crippen LogP contribution < -0.4 is 0 Å². The number of para-hydroxylation sites is 2. The summed E-state index contributed by atoms with van der Waals surface area (Å²) in [7, 11) is 0. The fourth-order valence-electron chi connectivity index (χ4n) is 4.96. The van der Waals surface area contributed by atoms with Crippen molar-refractivity contribution in [2.24, 2.45) is 0 Å². The first-order chi connectivity index (χ1) is 14.9. The summed E-state index contributed by atoms with van der Waals surface area (Å²) in [6.07, 6.45) is 0. The number of hydrogen-bond acceptors (Lipinski definition) is 1. The van der Waals surface area contributed by atoms with Crippen molar-refractivity contribution in [3.63, 3.8) is 0 Å². The zero-order valence-corrected chi connectivity index (χ0v) is 17.0. The standard InChI is InChI=1S/C28H17NS/c1-2-10-18(11-3-1)29-23-16-8-6-14-21(23)25-26-22-15-7-9-17-24(22)30-28(26)20-13-5-4-12-19(20)27(25)29/h1-17H. The molecule has 2 heterocycles. The predicted molar refractivity (Wildman–Crippen MR) is 131 cm³/mol. The highest BCUT2D eigenvalue weighted by Gasteiger charge is 2.21. The largest absolute Gasteiger partial charge is 0.309 e. The first-order valence-corrected chi connectivity index (χ1v) is 11.0. The molecule has 0 bridgehead atoms. The van der Waals surface area contributed by atoms with E-state index in [-0.39, 0.29) is 0 Å². The van der Waals surface area contributed by atoms with E-state index in [1.807, 2.05) is 11.3 Å². The van der Waals surface area contributed by atoms with Crippen LogP contribution in [0.15, 0.2) is 103 Å². The minimum atomic E-state index is 1.20. The monoisotopic (exact) mass is 399 g/mol. The molecule has 0 radical (unpaired) electrons. The second kappa shape index (κ2) is 5.94. The lowest BCUT2D eigenvalue weighted by Crippen LogP contribution is -1.93. The van der Waals surface area contributed by atoms with Gasteiger partial charge in [-0.3, -0.25) is 0 Å². The van der Waals surface area contributed by atoms with Crippen LogP contribution in [0.4, 0.5) is 0 Å². The Bertz CT molecular complexity index is 1740. The van der Waals surface area contributed by atoms with E-state index in [4.69, 9.17) is 0 Å². The van der Waals surface area contributed by atoms with E-state index in [9.17, 15) is 0 Å². The lowest BCUT2D eigenvalue weighted by Gasteiger charge is -2.10. The van der Waals surface area contributed by atoms with Crippen molar-refractivity contribution in [2.45, 2.75) is 0 Å². The third-order valence-electron chi connectivity index (χ3n) is 6.16. The highest BCUT2D eigenvalue weighted by Crippen LogP contribution is 2.47. The molecule has 0 unspecified atom stereocenters. The summed E-state index contributed by atoms with van der Waals surface area (Å²) in [4.78, 5) is 0. The van der Waals surface area contributed by atoms with Gasteiger partial charge >= 0.3 is 0 Å². The smallest absolute Gasteiger partial charge is 0.0626 e. The quantitative estimate of drug-likeness (QED) is 0.262. The number of fused-ring (bicyclic) bond motifs is 10. The maximum absolute atomic E-state index is 2.44. The van der Waals surface area contributed by atoms with Crippen LogP contribution in [0.2, 0.25) is 0 Å². The van der Waals surface area contributed by atoms with Gasteiger partial charge in [-0.15, -0.1) is 11.3 Å². The zero-order chi connectivity index (χ0) is 19.7. The van der Waals surface area contributed by atoms with Gasteiger partial charge in [-0.25, -0.2) is 0 Å². The molecule has 1 nitrogen and oxygen atoms in total. The molecule has 0 aliphatic rings. The van der Waals surface area contributed by atoms with Crippen molar-refractivity contribution in [3.8, 4) is 5.69 Å². The van der Waals surface area contributed by atoms with Gasteiger partial charge in [0.1, 0.15) is 0 Å². The molecule has 2 heteroatoms. The van der Waals surface area contributed by atoms with Crippen LogP contribution in [0, 0.1) is 0 Å². The Kier molecular flexibility index (Phi) is 3.21. The number of aromatic nitrogens is 1. The normalized spacial score (nSPS) is 12.0. The van der Waals surface area contributed by atoms with E-state index >= 15 is 0 Å². The van der Waals surface area contributed by atoms with Crippen molar-refractivity contribution in [1.29, 1.82) is 0 Å². The van der Waals surface area contributed by atoms with E-state index in [1.165, 1.54) is 58.4 Å².